The number of nitrogen functional groups attached to an aromatic ring is 1. The zero-order valence-corrected chi connectivity index (χ0v) is 9.67. The van der Waals surface area contributed by atoms with Gasteiger partial charge in [0.1, 0.15) is 5.82 Å². The fourth-order valence-corrected chi connectivity index (χ4v) is 1.34. The van der Waals surface area contributed by atoms with Crippen molar-refractivity contribution in [2.45, 2.75) is 6.92 Å². The summed E-state index contributed by atoms with van der Waals surface area (Å²) in [5.74, 6) is 0.702. The van der Waals surface area contributed by atoms with Crippen molar-refractivity contribution in [2.24, 2.45) is 0 Å². The lowest BCUT2D eigenvalue weighted by Crippen LogP contribution is -2.11. The molecule has 0 saturated carbocycles. The van der Waals surface area contributed by atoms with Gasteiger partial charge in [-0.3, -0.25) is 0 Å². The van der Waals surface area contributed by atoms with Crippen LogP contribution in [0, 0.1) is 0 Å². The molecule has 0 saturated heterocycles. The normalized spacial score (nSPS) is 10.1. The van der Waals surface area contributed by atoms with Crippen LogP contribution in [-0.4, -0.2) is 24.7 Å². The highest BCUT2D eigenvalue weighted by molar-refractivity contribution is 9.10. The van der Waals surface area contributed by atoms with Gasteiger partial charge < -0.3 is 15.8 Å². The van der Waals surface area contributed by atoms with E-state index in [1.807, 2.05) is 13.0 Å². The number of pyridine rings is 1. The van der Waals surface area contributed by atoms with Crippen LogP contribution in [0.5, 0.6) is 0 Å². The third kappa shape index (κ3) is 3.51. The summed E-state index contributed by atoms with van der Waals surface area (Å²) in [6.45, 7) is 4.07. The van der Waals surface area contributed by atoms with Crippen molar-refractivity contribution in [2.75, 3.05) is 30.8 Å². The van der Waals surface area contributed by atoms with Crippen LogP contribution in [0.15, 0.2) is 16.7 Å². The Balaban J connectivity index is 2.42. The molecule has 78 valence electrons. The molecule has 0 amide bonds. The van der Waals surface area contributed by atoms with Crippen LogP contribution in [0.4, 0.5) is 11.5 Å². The van der Waals surface area contributed by atoms with Crippen LogP contribution in [0.2, 0.25) is 0 Å². The Bertz CT molecular complexity index is 293. The molecule has 0 aliphatic carbocycles. The van der Waals surface area contributed by atoms with Crippen molar-refractivity contribution >= 4 is 27.4 Å². The first-order valence-corrected chi connectivity index (χ1v) is 5.26. The Kier molecular flexibility index (Phi) is 4.69. The molecule has 0 radical (unpaired) electrons. The summed E-state index contributed by atoms with van der Waals surface area (Å²) in [6, 6.07) is 1.82. The molecule has 0 aromatic carbocycles. The Labute approximate surface area is 92.0 Å². The molecular formula is C9H14BrN3O. The van der Waals surface area contributed by atoms with E-state index >= 15 is 0 Å². The SMILES string of the molecule is CCOCCNc1ncc(Br)cc1N. The zero-order valence-electron chi connectivity index (χ0n) is 8.09. The van der Waals surface area contributed by atoms with Gasteiger partial charge in [-0.25, -0.2) is 4.98 Å². The summed E-state index contributed by atoms with van der Waals surface area (Å²) in [6.07, 6.45) is 1.71. The summed E-state index contributed by atoms with van der Waals surface area (Å²) in [7, 11) is 0. The zero-order chi connectivity index (χ0) is 10.4. The van der Waals surface area contributed by atoms with Gasteiger partial charge in [0.2, 0.25) is 0 Å². The Morgan fingerprint density at radius 2 is 2.43 bits per heavy atom. The van der Waals surface area contributed by atoms with Gasteiger partial charge in [0.25, 0.3) is 0 Å². The number of nitrogens with one attached hydrogen (secondary N) is 1. The van der Waals surface area contributed by atoms with E-state index in [0.717, 1.165) is 11.1 Å². The number of anilines is 2. The molecule has 1 heterocycles. The molecule has 0 aliphatic rings. The fourth-order valence-electron chi connectivity index (χ4n) is 0.989. The molecule has 0 atom stereocenters. The number of nitrogens with zero attached hydrogens (tertiary/aromatic N) is 1. The molecule has 14 heavy (non-hydrogen) atoms. The molecule has 0 unspecified atom stereocenters. The predicted molar refractivity (Wildman–Crippen MR) is 61.3 cm³/mol. The summed E-state index contributed by atoms with van der Waals surface area (Å²) in [4.78, 5) is 4.14. The highest BCUT2D eigenvalue weighted by Gasteiger charge is 1.99. The fraction of sp³-hybridized carbons (Fsp3) is 0.444. The van der Waals surface area contributed by atoms with Crippen LogP contribution in [0.3, 0.4) is 0 Å². The van der Waals surface area contributed by atoms with Gasteiger partial charge in [-0.05, 0) is 28.9 Å². The third-order valence-electron chi connectivity index (χ3n) is 1.63. The Morgan fingerprint density at radius 3 is 3.07 bits per heavy atom. The number of hydrogen-bond acceptors (Lipinski definition) is 4. The minimum Gasteiger partial charge on any atom is -0.396 e. The largest absolute Gasteiger partial charge is 0.396 e. The molecule has 4 nitrogen and oxygen atoms in total. The molecule has 1 aromatic heterocycles. The molecular weight excluding hydrogens is 246 g/mol. The number of aromatic nitrogens is 1. The minimum absolute atomic E-state index is 0.635. The van der Waals surface area contributed by atoms with Crippen LogP contribution in [0.1, 0.15) is 6.92 Å². The molecule has 0 aliphatic heterocycles. The molecule has 3 N–H and O–H groups in total. The number of halogens is 1. The van der Waals surface area contributed by atoms with Gasteiger partial charge in [0.05, 0.1) is 12.3 Å². The van der Waals surface area contributed by atoms with Gasteiger partial charge in [-0.1, -0.05) is 0 Å². The quantitative estimate of drug-likeness (QED) is 0.793. The van der Waals surface area contributed by atoms with E-state index in [0.29, 0.717) is 24.7 Å². The molecule has 0 fully saturated rings. The molecule has 1 rings (SSSR count). The lowest BCUT2D eigenvalue weighted by molar-refractivity contribution is 0.158. The lowest BCUT2D eigenvalue weighted by atomic mass is 10.4. The summed E-state index contributed by atoms with van der Waals surface area (Å²) < 4.78 is 6.06. The number of hydrogen-bond donors (Lipinski definition) is 2. The van der Waals surface area contributed by atoms with E-state index in [9.17, 15) is 0 Å². The highest BCUT2D eigenvalue weighted by atomic mass is 79.9. The van der Waals surface area contributed by atoms with E-state index in [1.165, 1.54) is 0 Å². The van der Waals surface area contributed by atoms with Crippen molar-refractivity contribution < 1.29 is 4.74 Å². The van der Waals surface area contributed by atoms with Gasteiger partial charge in [0.15, 0.2) is 0 Å². The van der Waals surface area contributed by atoms with Crippen molar-refractivity contribution in [1.82, 2.24) is 4.98 Å². The number of rotatable bonds is 5. The maximum Gasteiger partial charge on any atom is 0.149 e. The first-order valence-electron chi connectivity index (χ1n) is 4.46. The standard InChI is InChI=1S/C9H14BrN3O/c1-2-14-4-3-12-9-8(11)5-7(10)6-13-9/h5-6H,2-4,11H2,1H3,(H,12,13). The predicted octanol–water partition coefficient (Wildman–Crippen LogP) is 1.87. The maximum absolute atomic E-state index is 5.74. The molecule has 5 heteroatoms. The monoisotopic (exact) mass is 259 g/mol. The van der Waals surface area contributed by atoms with E-state index in [4.69, 9.17) is 10.5 Å². The van der Waals surface area contributed by atoms with Gasteiger partial charge in [-0.2, -0.15) is 0 Å². The second kappa shape index (κ2) is 5.82. The first-order chi connectivity index (χ1) is 6.74. The minimum atomic E-state index is 0.635. The van der Waals surface area contributed by atoms with Crippen molar-refractivity contribution in [3.8, 4) is 0 Å². The highest BCUT2D eigenvalue weighted by Crippen LogP contribution is 2.19. The molecule has 0 bridgehead atoms. The van der Waals surface area contributed by atoms with Crippen LogP contribution in [-0.2, 0) is 4.74 Å². The Morgan fingerprint density at radius 1 is 1.64 bits per heavy atom. The van der Waals surface area contributed by atoms with Crippen LogP contribution in [0.25, 0.3) is 0 Å². The van der Waals surface area contributed by atoms with Crippen LogP contribution < -0.4 is 11.1 Å². The maximum atomic E-state index is 5.74. The van der Waals surface area contributed by atoms with Crippen molar-refractivity contribution in [3.63, 3.8) is 0 Å². The first kappa shape index (κ1) is 11.3. The van der Waals surface area contributed by atoms with E-state index in [1.54, 1.807) is 6.20 Å². The summed E-state index contributed by atoms with van der Waals surface area (Å²) >= 11 is 3.29. The molecule has 0 spiro atoms. The topological polar surface area (TPSA) is 60.2 Å². The number of nitrogens with two attached hydrogens (primary N) is 1. The van der Waals surface area contributed by atoms with E-state index < -0.39 is 0 Å². The lowest BCUT2D eigenvalue weighted by Gasteiger charge is -2.07. The molecule has 1 aromatic rings. The van der Waals surface area contributed by atoms with Gasteiger partial charge in [0, 0.05) is 23.8 Å². The summed E-state index contributed by atoms with van der Waals surface area (Å²) in [5, 5.41) is 3.09. The second-order valence-corrected chi connectivity index (χ2v) is 3.63. The van der Waals surface area contributed by atoms with Crippen molar-refractivity contribution in [3.05, 3.63) is 16.7 Å². The van der Waals surface area contributed by atoms with Gasteiger partial charge >= 0.3 is 0 Å². The second-order valence-electron chi connectivity index (χ2n) is 2.72. The van der Waals surface area contributed by atoms with E-state index in [2.05, 4.69) is 26.2 Å². The number of ether oxygens (including phenoxy) is 1. The average Bonchev–Trinajstić information content (AvgIpc) is 2.15. The average molecular weight is 260 g/mol. The summed E-state index contributed by atoms with van der Waals surface area (Å²) in [5.41, 5.74) is 6.38. The van der Waals surface area contributed by atoms with Gasteiger partial charge in [-0.15, -0.1) is 0 Å². The van der Waals surface area contributed by atoms with Crippen molar-refractivity contribution in [1.29, 1.82) is 0 Å². The smallest absolute Gasteiger partial charge is 0.149 e. The van der Waals surface area contributed by atoms with E-state index in [-0.39, 0.29) is 0 Å². The third-order valence-corrected chi connectivity index (χ3v) is 2.06. The van der Waals surface area contributed by atoms with Crippen LogP contribution >= 0.6 is 15.9 Å². The Hall–Kier alpha value is -0.810.